The normalized spacial score (nSPS) is 12.3. The summed E-state index contributed by atoms with van der Waals surface area (Å²) in [7, 11) is 0. The van der Waals surface area contributed by atoms with Crippen molar-refractivity contribution in [3.8, 4) is 27.9 Å². The molecule has 0 atom stereocenters. The first kappa shape index (κ1) is 31.0. The van der Waals surface area contributed by atoms with Crippen molar-refractivity contribution >= 4 is 102 Å². The lowest BCUT2D eigenvalue weighted by Gasteiger charge is -2.12. The van der Waals surface area contributed by atoms with E-state index in [9.17, 15) is 4.79 Å². The molecule has 4 aromatic heterocycles. The number of hydrogen-bond acceptors (Lipinski definition) is 2. The van der Waals surface area contributed by atoms with Gasteiger partial charge in [-0.2, -0.15) is 0 Å². The summed E-state index contributed by atoms with van der Waals surface area (Å²) in [6.07, 6.45) is 0. The average molecular weight is 743 g/mol. The van der Waals surface area contributed by atoms with E-state index in [4.69, 9.17) is 0 Å². The van der Waals surface area contributed by atoms with Gasteiger partial charge in [-0.15, -0.1) is 11.3 Å². The van der Waals surface area contributed by atoms with Crippen molar-refractivity contribution in [3.63, 3.8) is 0 Å². The maximum atomic E-state index is 14.4. The van der Waals surface area contributed by atoms with E-state index >= 15 is 0 Å². The number of rotatable bonds is 3. The largest absolute Gasteiger partial charge is 0.308 e. The highest BCUT2D eigenvalue weighted by molar-refractivity contribution is 7.27. The zero-order valence-electron chi connectivity index (χ0n) is 30.5. The Kier molecular flexibility index (Phi) is 6.19. The second kappa shape index (κ2) is 11.4. The maximum absolute atomic E-state index is 14.4. The molecule has 0 saturated heterocycles. The third kappa shape index (κ3) is 4.17. The molecule has 0 amide bonds. The molecule has 0 spiro atoms. The summed E-state index contributed by atoms with van der Waals surface area (Å²) >= 11 is 1.89. The first-order valence-electron chi connectivity index (χ1n) is 19.4. The van der Waals surface area contributed by atoms with E-state index in [2.05, 4.69) is 174 Å². The van der Waals surface area contributed by atoms with Gasteiger partial charge in [0.1, 0.15) is 0 Å². The van der Waals surface area contributed by atoms with E-state index in [1.807, 2.05) is 27.9 Å². The molecule has 13 aromatic rings. The molecule has 13 rings (SSSR count). The van der Waals surface area contributed by atoms with Crippen molar-refractivity contribution in [1.29, 1.82) is 0 Å². The molecule has 264 valence electrons. The predicted molar refractivity (Wildman–Crippen MR) is 243 cm³/mol. The van der Waals surface area contributed by atoms with Crippen LogP contribution in [0.2, 0.25) is 0 Å². The molecule has 57 heavy (non-hydrogen) atoms. The number of thiophene rings is 1. The zero-order valence-corrected chi connectivity index (χ0v) is 31.3. The van der Waals surface area contributed by atoms with Crippen LogP contribution in [0.3, 0.4) is 0 Å². The van der Waals surface area contributed by atoms with Gasteiger partial charge < -0.3 is 4.57 Å². The van der Waals surface area contributed by atoms with Crippen molar-refractivity contribution in [2.75, 3.05) is 0 Å². The molecular weight excluding hydrogens is 713 g/mol. The van der Waals surface area contributed by atoms with E-state index in [0.29, 0.717) is 0 Å². The van der Waals surface area contributed by atoms with E-state index in [0.717, 1.165) is 65.9 Å². The Labute approximate surface area is 329 Å². The van der Waals surface area contributed by atoms with E-state index < -0.39 is 0 Å². The molecule has 0 radical (unpaired) electrons. The van der Waals surface area contributed by atoms with Gasteiger partial charge >= 0.3 is 0 Å². The Bertz CT molecular complexity index is 3890. The molecule has 9 aromatic carbocycles. The zero-order chi connectivity index (χ0) is 37.4. The Balaban J connectivity index is 1.05. The van der Waals surface area contributed by atoms with Crippen molar-refractivity contribution in [2.45, 2.75) is 0 Å². The van der Waals surface area contributed by atoms with Gasteiger partial charge in [0.2, 0.25) is 0 Å². The summed E-state index contributed by atoms with van der Waals surface area (Å²) in [5.74, 6) is 0. The Morgan fingerprint density at radius 2 is 0.982 bits per heavy atom. The van der Waals surface area contributed by atoms with E-state index in [1.54, 1.807) is 0 Å². The summed E-state index contributed by atoms with van der Waals surface area (Å²) in [6, 6.07) is 65.2. The number of nitrogens with zero attached hydrogens (tertiary/aromatic N) is 2. The second-order valence-electron chi connectivity index (χ2n) is 15.2. The standard InChI is InChI=1S/C53H30N2OS/c56-53-40-26-24-33(31-12-2-1-3-13-31)29-43(40)38-20-11-21-39-44-30-34(25-27-46(44)55(53)50(38)39)32-14-10-15-35(28-32)54-45-22-8-6-18-41(45)48-36-16-4-5-17-37(36)49-42-19-7-9-23-47(42)57-52(49)51(48)54/h1-30H. The summed E-state index contributed by atoms with van der Waals surface area (Å²) in [5.41, 5.74) is 9.98. The van der Waals surface area contributed by atoms with Crippen LogP contribution in [0.5, 0.6) is 0 Å². The smallest absolute Gasteiger partial charge is 0.263 e. The monoisotopic (exact) mass is 742 g/mol. The second-order valence-corrected chi connectivity index (χ2v) is 16.2. The van der Waals surface area contributed by atoms with Crippen LogP contribution in [-0.4, -0.2) is 8.97 Å². The van der Waals surface area contributed by atoms with Gasteiger partial charge in [-0.05, 0) is 86.9 Å². The number of fused-ring (bicyclic) bond motifs is 15. The van der Waals surface area contributed by atoms with Gasteiger partial charge in [-0.3, -0.25) is 9.20 Å². The predicted octanol–water partition coefficient (Wildman–Crippen LogP) is 14.1. The van der Waals surface area contributed by atoms with Crippen LogP contribution in [0.1, 0.15) is 0 Å². The highest BCUT2D eigenvalue weighted by Gasteiger charge is 2.22. The molecule has 0 fully saturated rings. The lowest BCUT2D eigenvalue weighted by molar-refractivity contribution is 1.19. The van der Waals surface area contributed by atoms with Crippen LogP contribution in [0.15, 0.2) is 187 Å². The minimum absolute atomic E-state index is 0.0181. The fourth-order valence-corrected chi connectivity index (χ4v) is 11.0. The van der Waals surface area contributed by atoms with Gasteiger partial charge in [0.25, 0.3) is 5.56 Å². The lowest BCUT2D eigenvalue weighted by atomic mass is 9.98. The molecule has 4 heterocycles. The first-order valence-corrected chi connectivity index (χ1v) is 20.2. The van der Waals surface area contributed by atoms with Crippen LogP contribution in [0.25, 0.3) is 119 Å². The van der Waals surface area contributed by atoms with Crippen molar-refractivity contribution in [3.05, 3.63) is 192 Å². The fraction of sp³-hybridized carbons (Fsp3) is 0. The molecule has 0 N–H and O–H groups in total. The van der Waals surface area contributed by atoms with Gasteiger partial charge in [0.15, 0.2) is 0 Å². The molecule has 0 unspecified atom stereocenters. The molecular formula is C53H30N2OS. The Hall–Kier alpha value is -7.27. The van der Waals surface area contributed by atoms with Crippen molar-refractivity contribution in [1.82, 2.24) is 8.97 Å². The molecule has 0 saturated carbocycles. The summed E-state index contributed by atoms with van der Waals surface area (Å²) < 4.78 is 7.03. The van der Waals surface area contributed by atoms with Crippen molar-refractivity contribution < 1.29 is 0 Å². The number of para-hydroxylation sites is 2. The van der Waals surface area contributed by atoms with Crippen LogP contribution in [-0.2, 0) is 0 Å². The molecule has 3 nitrogen and oxygen atoms in total. The van der Waals surface area contributed by atoms with Gasteiger partial charge in [0.05, 0.1) is 26.8 Å². The number of hydrogen-bond donors (Lipinski definition) is 0. The van der Waals surface area contributed by atoms with Crippen molar-refractivity contribution in [2.24, 2.45) is 0 Å². The third-order valence-electron chi connectivity index (χ3n) is 12.2. The number of pyridine rings is 1. The topological polar surface area (TPSA) is 26.4 Å². The van der Waals surface area contributed by atoms with Gasteiger partial charge in [0, 0.05) is 53.5 Å². The van der Waals surface area contributed by atoms with Gasteiger partial charge in [-0.1, -0.05) is 133 Å². The molecule has 0 aliphatic carbocycles. The minimum Gasteiger partial charge on any atom is -0.308 e. The molecule has 0 aliphatic heterocycles. The summed E-state index contributed by atoms with van der Waals surface area (Å²) in [4.78, 5) is 14.4. The number of benzene rings is 9. The van der Waals surface area contributed by atoms with E-state index in [-0.39, 0.29) is 5.56 Å². The highest BCUT2D eigenvalue weighted by atomic mass is 32.1. The van der Waals surface area contributed by atoms with Crippen LogP contribution < -0.4 is 5.56 Å². The highest BCUT2D eigenvalue weighted by Crippen LogP contribution is 2.48. The third-order valence-corrected chi connectivity index (χ3v) is 13.4. The fourth-order valence-electron chi connectivity index (χ4n) is 9.78. The number of aromatic nitrogens is 2. The van der Waals surface area contributed by atoms with E-state index in [1.165, 1.54) is 52.8 Å². The molecule has 4 heteroatoms. The maximum Gasteiger partial charge on any atom is 0.263 e. The summed E-state index contributed by atoms with van der Waals surface area (Å²) in [5, 5.41) is 12.7. The molecule has 0 aliphatic rings. The first-order chi connectivity index (χ1) is 28.2. The minimum atomic E-state index is 0.0181. The Morgan fingerprint density at radius 1 is 0.368 bits per heavy atom. The SMILES string of the molecule is O=c1c2ccc(-c3ccccc3)cc2c2cccc3c4cc(-c5cccc(-n6c7ccccc7c7c8ccccc8c8c9ccccc9sc8c76)c5)ccc4n1c23. The van der Waals surface area contributed by atoms with Crippen LogP contribution in [0.4, 0.5) is 0 Å². The average Bonchev–Trinajstić information content (AvgIpc) is 3.95. The van der Waals surface area contributed by atoms with Crippen LogP contribution >= 0.6 is 11.3 Å². The Morgan fingerprint density at radius 3 is 1.84 bits per heavy atom. The van der Waals surface area contributed by atoms with Crippen LogP contribution in [0, 0.1) is 0 Å². The summed E-state index contributed by atoms with van der Waals surface area (Å²) in [6.45, 7) is 0. The molecule has 0 bridgehead atoms. The lowest BCUT2D eigenvalue weighted by Crippen LogP contribution is -2.12. The quantitative estimate of drug-likeness (QED) is 0.166. The van der Waals surface area contributed by atoms with Gasteiger partial charge in [-0.25, -0.2) is 0 Å².